The smallest absolute Gasteiger partial charge is 0.251 e. The fourth-order valence-corrected chi connectivity index (χ4v) is 3.86. The van der Waals surface area contributed by atoms with Gasteiger partial charge < -0.3 is 10.2 Å². The highest BCUT2D eigenvalue weighted by Crippen LogP contribution is 2.19. The Kier molecular flexibility index (Phi) is 7.81. The number of hydrogen-bond donors (Lipinski definition) is 2. The van der Waals surface area contributed by atoms with E-state index in [1.807, 2.05) is 19.0 Å². The SMILES string of the molecule is CN(C)CCNS(=O)(=O)c1ccc(C(=O)NCCC2=CCCCC2)cc1. The van der Waals surface area contributed by atoms with Gasteiger partial charge in [-0.1, -0.05) is 11.6 Å². The van der Waals surface area contributed by atoms with Crippen molar-refractivity contribution >= 4 is 15.9 Å². The molecular weight excluding hydrogens is 350 g/mol. The van der Waals surface area contributed by atoms with E-state index in [1.54, 1.807) is 12.1 Å². The fourth-order valence-electron chi connectivity index (χ4n) is 2.84. The molecule has 0 spiro atoms. The van der Waals surface area contributed by atoms with Gasteiger partial charge in [0.1, 0.15) is 0 Å². The van der Waals surface area contributed by atoms with E-state index >= 15 is 0 Å². The number of rotatable bonds is 9. The number of allylic oxidation sites excluding steroid dienone is 1. The van der Waals surface area contributed by atoms with Gasteiger partial charge in [-0.05, 0) is 70.5 Å². The number of sulfonamides is 1. The molecule has 1 aliphatic carbocycles. The van der Waals surface area contributed by atoms with Crippen molar-refractivity contribution in [3.8, 4) is 0 Å². The first-order valence-corrected chi connectivity index (χ1v) is 10.6. The molecule has 0 bridgehead atoms. The van der Waals surface area contributed by atoms with Crippen molar-refractivity contribution in [2.24, 2.45) is 0 Å². The summed E-state index contributed by atoms with van der Waals surface area (Å²) in [5.74, 6) is -0.175. The average molecular weight is 380 g/mol. The lowest BCUT2D eigenvalue weighted by molar-refractivity contribution is 0.0954. The molecule has 1 aromatic rings. The minimum atomic E-state index is -3.55. The molecule has 7 heteroatoms. The van der Waals surface area contributed by atoms with Crippen LogP contribution in [0.4, 0.5) is 0 Å². The van der Waals surface area contributed by atoms with E-state index in [4.69, 9.17) is 0 Å². The van der Waals surface area contributed by atoms with Gasteiger partial charge in [0.15, 0.2) is 0 Å². The second-order valence-corrected chi connectivity index (χ2v) is 8.61. The maximum absolute atomic E-state index is 12.2. The molecule has 0 heterocycles. The molecule has 2 rings (SSSR count). The van der Waals surface area contributed by atoms with Crippen molar-refractivity contribution < 1.29 is 13.2 Å². The summed E-state index contributed by atoms with van der Waals surface area (Å²) in [5, 5.41) is 2.90. The summed E-state index contributed by atoms with van der Waals surface area (Å²) in [6, 6.07) is 6.04. The third kappa shape index (κ3) is 6.55. The first kappa shape index (κ1) is 20.6. The van der Waals surface area contributed by atoms with Crippen LogP contribution in [-0.4, -0.2) is 53.0 Å². The highest BCUT2D eigenvalue weighted by atomic mass is 32.2. The lowest BCUT2D eigenvalue weighted by atomic mass is 9.97. The van der Waals surface area contributed by atoms with Gasteiger partial charge in [0.05, 0.1) is 4.90 Å². The van der Waals surface area contributed by atoms with Crippen LogP contribution < -0.4 is 10.0 Å². The van der Waals surface area contributed by atoms with Crippen molar-refractivity contribution in [3.63, 3.8) is 0 Å². The van der Waals surface area contributed by atoms with Crippen molar-refractivity contribution in [2.45, 2.75) is 37.0 Å². The average Bonchev–Trinajstić information content (AvgIpc) is 2.62. The topological polar surface area (TPSA) is 78.5 Å². The summed E-state index contributed by atoms with van der Waals surface area (Å²) in [4.78, 5) is 14.3. The van der Waals surface area contributed by atoms with E-state index in [9.17, 15) is 13.2 Å². The quantitative estimate of drug-likeness (QED) is 0.645. The van der Waals surface area contributed by atoms with E-state index in [1.165, 1.54) is 30.5 Å². The number of carbonyl (C=O) groups excluding carboxylic acids is 1. The van der Waals surface area contributed by atoms with Crippen LogP contribution in [0.2, 0.25) is 0 Å². The largest absolute Gasteiger partial charge is 0.352 e. The second kappa shape index (κ2) is 9.85. The first-order valence-electron chi connectivity index (χ1n) is 9.09. The molecule has 0 fully saturated rings. The lowest BCUT2D eigenvalue weighted by Crippen LogP contribution is -2.31. The molecule has 0 radical (unpaired) electrons. The number of nitrogens with one attached hydrogen (secondary N) is 2. The van der Waals surface area contributed by atoms with Crippen molar-refractivity contribution in [2.75, 3.05) is 33.7 Å². The van der Waals surface area contributed by atoms with Crippen LogP contribution in [0.5, 0.6) is 0 Å². The first-order chi connectivity index (χ1) is 12.4. The van der Waals surface area contributed by atoms with Gasteiger partial charge in [-0.25, -0.2) is 13.1 Å². The number of carbonyl (C=O) groups is 1. The Morgan fingerprint density at radius 3 is 2.46 bits per heavy atom. The van der Waals surface area contributed by atoms with E-state index < -0.39 is 10.0 Å². The molecule has 0 unspecified atom stereocenters. The molecule has 0 aromatic heterocycles. The van der Waals surface area contributed by atoms with Crippen LogP contribution >= 0.6 is 0 Å². The van der Waals surface area contributed by atoms with Gasteiger partial charge in [-0.2, -0.15) is 0 Å². The van der Waals surface area contributed by atoms with Gasteiger partial charge >= 0.3 is 0 Å². The zero-order valence-electron chi connectivity index (χ0n) is 15.6. The monoisotopic (exact) mass is 379 g/mol. The molecule has 0 atom stereocenters. The number of nitrogens with zero attached hydrogens (tertiary/aromatic N) is 1. The number of benzene rings is 1. The molecule has 0 saturated heterocycles. The molecule has 2 N–H and O–H groups in total. The van der Waals surface area contributed by atoms with E-state index in [-0.39, 0.29) is 10.8 Å². The van der Waals surface area contributed by atoms with E-state index in [0.29, 0.717) is 25.2 Å². The molecular formula is C19H29N3O3S. The standard InChI is InChI=1S/C19H29N3O3S/c1-22(2)15-14-21-26(24,25)18-10-8-17(9-11-18)19(23)20-13-12-16-6-4-3-5-7-16/h6,8-11,21H,3-5,7,12-15H2,1-2H3,(H,20,23). The Hall–Kier alpha value is -1.70. The molecule has 1 amide bonds. The fraction of sp³-hybridized carbons (Fsp3) is 0.526. The lowest BCUT2D eigenvalue weighted by Gasteiger charge is -2.13. The molecule has 26 heavy (non-hydrogen) atoms. The van der Waals surface area contributed by atoms with Crippen molar-refractivity contribution in [3.05, 3.63) is 41.5 Å². The zero-order chi connectivity index (χ0) is 19.0. The van der Waals surface area contributed by atoms with Gasteiger partial charge in [0, 0.05) is 25.2 Å². The Morgan fingerprint density at radius 2 is 1.85 bits per heavy atom. The molecule has 144 valence electrons. The summed E-state index contributed by atoms with van der Waals surface area (Å²) < 4.78 is 27.0. The number of hydrogen-bond acceptors (Lipinski definition) is 4. The van der Waals surface area contributed by atoms with Gasteiger partial charge in [-0.15, -0.1) is 0 Å². The maximum Gasteiger partial charge on any atom is 0.251 e. The maximum atomic E-state index is 12.2. The Balaban J connectivity index is 1.85. The normalized spacial score (nSPS) is 15.0. The highest BCUT2D eigenvalue weighted by Gasteiger charge is 2.14. The van der Waals surface area contributed by atoms with Crippen LogP contribution in [-0.2, 0) is 10.0 Å². The summed E-state index contributed by atoms with van der Waals surface area (Å²) >= 11 is 0. The summed E-state index contributed by atoms with van der Waals surface area (Å²) in [6.07, 6.45) is 7.92. The van der Waals surface area contributed by atoms with Crippen LogP contribution in [0.25, 0.3) is 0 Å². The minimum absolute atomic E-state index is 0.167. The molecule has 0 aliphatic heterocycles. The van der Waals surface area contributed by atoms with E-state index in [0.717, 1.165) is 19.3 Å². The molecule has 6 nitrogen and oxygen atoms in total. The third-order valence-electron chi connectivity index (χ3n) is 4.39. The number of amides is 1. The Bertz CT molecular complexity index is 725. The Labute approximate surface area is 156 Å². The third-order valence-corrected chi connectivity index (χ3v) is 5.87. The predicted molar refractivity (Wildman–Crippen MR) is 104 cm³/mol. The van der Waals surface area contributed by atoms with Gasteiger partial charge in [-0.3, -0.25) is 4.79 Å². The molecule has 0 saturated carbocycles. The Morgan fingerprint density at radius 1 is 1.12 bits per heavy atom. The highest BCUT2D eigenvalue weighted by molar-refractivity contribution is 7.89. The van der Waals surface area contributed by atoms with Crippen molar-refractivity contribution in [1.82, 2.24) is 14.9 Å². The van der Waals surface area contributed by atoms with Crippen LogP contribution in [0.3, 0.4) is 0 Å². The minimum Gasteiger partial charge on any atom is -0.352 e. The van der Waals surface area contributed by atoms with Crippen molar-refractivity contribution in [1.29, 1.82) is 0 Å². The van der Waals surface area contributed by atoms with Crippen LogP contribution in [0.15, 0.2) is 40.8 Å². The summed E-state index contributed by atoms with van der Waals surface area (Å²) in [7, 11) is 0.217. The van der Waals surface area contributed by atoms with Gasteiger partial charge in [0.25, 0.3) is 5.91 Å². The molecule has 1 aromatic carbocycles. The van der Waals surface area contributed by atoms with Crippen LogP contribution in [0, 0.1) is 0 Å². The van der Waals surface area contributed by atoms with Gasteiger partial charge in [0.2, 0.25) is 10.0 Å². The van der Waals surface area contributed by atoms with E-state index in [2.05, 4.69) is 16.1 Å². The van der Waals surface area contributed by atoms with Crippen LogP contribution in [0.1, 0.15) is 42.5 Å². The summed E-state index contributed by atoms with van der Waals surface area (Å²) in [6.45, 7) is 1.57. The zero-order valence-corrected chi connectivity index (χ0v) is 16.4. The second-order valence-electron chi connectivity index (χ2n) is 6.84. The molecule has 1 aliphatic rings. The summed E-state index contributed by atoms with van der Waals surface area (Å²) in [5.41, 5.74) is 1.89. The predicted octanol–water partition coefficient (Wildman–Crippen LogP) is 2.15. The number of likely N-dealkylation sites (N-methyl/N-ethyl adjacent to an activating group) is 1.